The number of fused-ring (bicyclic) bond motifs is 3. The number of hydrogen-bond donors (Lipinski definition) is 1. The molecular formula is C24H25NO5. The van der Waals surface area contributed by atoms with Gasteiger partial charge in [0.25, 0.3) is 0 Å². The highest BCUT2D eigenvalue weighted by atomic mass is 16.4. The summed E-state index contributed by atoms with van der Waals surface area (Å²) >= 11 is 0. The zero-order valence-corrected chi connectivity index (χ0v) is 17.6. The molecule has 4 rings (SSSR count). The molecule has 3 aromatic heterocycles. The molecule has 1 aromatic carbocycles. The topological polar surface area (TPSA) is 85.6 Å². The molecule has 4 aromatic rings. The average Bonchev–Trinajstić information content (AvgIpc) is 3.33. The Morgan fingerprint density at radius 2 is 1.93 bits per heavy atom. The van der Waals surface area contributed by atoms with Crippen molar-refractivity contribution < 1.29 is 18.0 Å². The summed E-state index contributed by atoms with van der Waals surface area (Å²) in [6.45, 7) is 7.73. The summed E-state index contributed by atoms with van der Waals surface area (Å²) in [4.78, 5) is 25.2. The van der Waals surface area contributed by atoms with Crippen LogP contribution in [0.15, 0.2) is 48.8 Å². The first-order valence-electron chi connectivity index (χ1n) is 10.1. The van der Waals surface area contributed by atoms with Crippen molar-refractivity contribution in [2.24, 2.45) is 0 Å². The quantitative estimate of drug-likeness (QED) is 0.467. The molecule has 0 unspecified atom stereocenters. The van der Waals surface area contributed by atoms with E-state index in [0.29, 0.717) is 16.7 Å². The molecule has 156 valence electrons. The van der Waals surface area contributed by atoms with Crippen LogP contribution in [0.25, 0.3) is 21.9 Å². The molecule has 0 spiro atoms. The van der Waals surface area contributed by atoms with E-state index in [9.17, 15) is 9.59 Å². The van der Waals surface area contributed by atoms with Gasteiger partial charge in [0.15, 0.2) is 0 Å². The van der Waals surface area contributed by atoms with E-state index in [1.54, 1.807) is 12.5 Å². The van der Waals surface area contributed by atoms with Crippen molar-refractivity contribution in [1.82, 2.24) is 5.32 Å². The summed E-state index contributed by atoms with van der Waals surface area (Å²) in [5.41, 5.74) is 3.78. The number of furan rings is 2. The summed E-state index contributed by atoms with van der Waals surface area (Å²) in [6.07, 6.45) is 4.79. The minimum Gasteiger partial charge on any atom is -0.469 e. The number of rotatable bonds is 6. The van der Waals surface area contributed by atoms with E-state index in [-0.39, 0.29) is 18.4 Å². The molecule has 1 atom stereocenters. The Bertz CT molecular complexity index is 1280. The van der Waals surface area contributed by atoms with Crippen LogP contribution in [0.4, 0.5) is 0 Å². The molecule has 0 aliphatic rings. The molecule has 0 fully saturated rings. The van der Waals surface area contributed by atoms with Gasteiger partial charge in [-0.05, 0) is 69.0 Å². The molecular weight excluding hydrogens is 382 g/mol. The minimum absolute atomic E-state index is 0.0374. The van der Waals surface area contributed by atoms with Gasteiger partial charge in [0.2, 0.25) is 5.91 Å². The molecule has 0 aliphatic heterocycles. The van der Waals surface area contributed by atoms with Crippen molar-refractivity contribution in [3.63, 3.8) is 0 Å². The number of benzene rings is 1. The molecule has 0 saturated carbocycles. The SMILES string of the molecule is Cc1coc2c1c(C)cc1oc(=O)c(CC(=O)N[C@H](C)CCc3ccco3)c(C)c12. The van der Waals surface area contributed by atoms with E-state index in [1.165, 1.54) is 0 Å². The van der Waals surface area contributed by atoms with Gasteiger partial charge < -0.3 is 18.6 Å². The maximum absolute atomic E-state index is 12.6. The molecule has 1 amide bonds. The summed E-state index contributed by atoms with van der Waals surface area (Å²) < 4.78 is 16.7. The second kappa shape index (κ2) is 7.86. The molecule has 0 saturated heterocycles. The highest BCUT2D eigenvalue weighted by Crippen LogP contribution is 2.34. The third-order valence-corrected chi connectivity index (χ3v) is 5.62. The predicted molar refractivity (Wildman–Crippen MR) is 115 cm³/mol. The monoisotopic (exact) mass is 407 g/mol. The summed E-state index contributed by atoms with van der Waals surface area (Å²) in [6, 6.07) is 5.57. The molecule has 0 aliphatic carbocycles. The lowest BCUT2D eigenvalue weighted by Crippen LogP contribution is -2.35. The van der Waals surface area contributed by atoms with Crippen LogP contribution in [0.5, 0.6) is 0 Å². The summed E-state index contributed by atoms with van der Waals surface area (Å²) in [5.74, 6) is 0.672. The fraction of sp³-hybridized carbons (Fsp3) is 0.333. The predicted octanol–water partition coefficient (Wildman–Crippen LogP) is 4.74. The number of carbonyl (C=O) groups is 1. The Kier molecular flexibility index (Phi) is 5.24. The first kappa shape index (κ1) is 20.0. The Morgan fingerprint density at radius 3 is 2.67 bits per heavy atom. The highest BCUT2D eigenvalue weighted by molar-refractivity contribution is 6.07. The van der Waals surface area contributed by atoms with Crippen LogP contribution >= 0.6 is 0 Å². The highest BCUT2D eigenvalue weighted by Gasteiger charge is 2.20. The lowest BCUT2D eigenvalue weighted by Gasteiger charge is -2.14. The Hall–Kier alpha value is -3.28. The van der Waals surface area contributed by atoms with Gasteiger partial charge in [-0.1, -0.05) is 0 Å². The third kappa shape index (κ3) is 3.65. The summed E-state index contributed by atoms with van der Waals surface area (Å²) in [7, 11) is 0. The maximum Gasteiger partial charge on any atom is 0.340 e. The standard InChI is InChI=1S/C24H25NO5/c1-13-10-19-22(23-21(13)14(2)12-29-23)16(4)18(24(27)30-19)11-20(26)25-15(3)7-8-17-6-5-9-28-17/h5-6,9-10,12,15H,7-8,11H2,1-4H3,(H,25,26)/t15-/m1/s1. The van der Waals surface area contributed by atoms with Crippen LogP contribution in [-0.2, 0) is 17.6 Å². The van der Waals surface area contributed by atoms with Crippen molar-refractivity contribution >= 4 is 27.8 Å². The van der Waals surface area contributed by atoms with E-state index in [2.05, 4.69) is 5.32 Å². The van der Waals surface area contributed by atoms with Crippen molar-refractivity contribution in [2.45, 2.75) is 53.0 Å². The largest absolute Gasteiger partial charge is 0.469 e. The van der Waals surface area contributed by atoms with Gasteiger partial charge in [-0.3, -0.25) is 4.79 Å². The van der Waals surface area contributed by atoms with E-state index >= 15 is 0 Å². The Balaban J connectivity index is 1.59. The smallest absolute Gasteiger partial charge is 0.340 e. The first-order valence-corrected chi connectivity index (χ1v) is 10.1. The van der Waals surface area contributed by atoms with Crippen molar-refractivity contribution in [3.8, 4) is 0 Å². The minimum atomic E-state index is -0.486. The second-order valence-corrected chi connectivity index (χ2v) is 7.95. The van der Waals surface area contributed by atoms with E-state index in [0.717, 1.165) is 46.1 Å². The number of carbonyl (C=O) groups excluding carboxylic acids is 1. The van der Waals surface area contributed by atoms with Crippen LogP contribution < -0.4 is 10.9 Å². The zero-order valence-electron chi connectivity index (χ0n) is 17.6. The van der Waals surface area contributed by atoms with Crippen molar-refractivity contribution in [1.29, 1.82) is 0 Å². The number of amides is 1. The van der Waals surface area contributed by atoms with Gasteiger partial charge in [-0.25, -0.2) is 4.79 Å². The lowest BCUT2D eigenvalue weighted by molar-refractivity contribution is -0.121. The molecule has 6 heteroatoms. The van der Waals surface area contributed by atoms with Gasteiger partial charge in [-0.2, -0.15) is 0 Å². The van der Waals surface area contributed by atoms with Crippen LogP contribution in [0, 0.1) is 20.8 Å². The fourth-order valence-corrected chi connectivity index (χ4v) is 4.05. The van der Waals surface area contributed by atoms with E-state index in [1.807, 2.05) is 45.9 Å². The van der Waals surface area contributed by atoms with Crippen molar-refractivity contribution in [3.05, 3.63) is 69.2 Å². The van der Waals surface area contributed by atoms with Gasteiger partial charge in [0, 0.05) is 17.8 Å². The van der Waals surface area contributed by atoms with Crippen molar-refractivity contribution in [2.75, 3.05) is 0 Å². The Labute approximate surface area is 173 Å². The van der Waals surface area contributed by atoms with Crippen LogP contribution in [0.1, 0.15) is 41.4 Å². The first-order chi connectivity index (χ1) is 14.3. The normalized spacial score (nSPS) is 12.5. The van der Waals surface area contributed by atoms with Gasteiger partial charge in [-0.15, -0.1) is 0 Å². The van der Waals surface area contributed by atoms with E-state index in [4.69, 9.17) is 13.3 Å². The summed E-state index contributed by atoms with van der Waals surface area (Å²) in [5, 5.41) is 4.72. The third-order valence-electron chi connectivity index (χ3n) is 5.62. The molecule has 6 nitrogen and oxygen atoms in total. The second-order valence-electron chi connectivity index (χ2n) is 7.95. The average molecular weight is 407 g/mol. The molecule has 3 heterocycles. The van der Waals surface area contributed by atoms with Crippen LogP contribution in [0.2, 0.25) is 0 Å². The van der Waals surface area contributed by atoms with Gasteiger partial charge in [0.05, 0.1) is 29.9 Å². The van der Waals surface area contributed by atoms with Crippen LogP contribution in [0.3, 0.4) is 0 Å². The number of aryl methyl sites for hydroxylation is 4. The molecule has 0 bridgehead atoms. The zero-order chi connectivity index (χ0) is 21.4. The lowest BCUT2D eigenvalue weighted by atomic mass is 9.98. The Morgan fingerprint density at radius 1 is 1.13 bits per heavy atom. The van der Waals surface area contributed by atoms with Crippen LogP contribution in [-0.4, -0.2) is 11.9 Å². The molecule has 30 heavy (non-hydrogen) atoms. The maximum atomic E-state index is 12.6. The number of nitrogens with one attached hydrogen (secondary N) is 1. The number of hydrogen-bond acceptors (Lipinski definition) is 5. The van der Waals surface area contributed by atoms with E-state index < -0.39 is 5.63 Å². The molecule has 0 radical (unpaired) electrons. The van der Waals surface area contributed by atoms with Gasteiger partial charge in [0.1, 0.15) is 16.9 Å². The fourth-order valence-electron chi connectivity index (χ4n) is 4.05. The molecule has 1 N–H and O–H groups in total. The van der Waals surface area contributed by atoms with Gasteiger partial charge >= 0.3 is 5.63 Å².